The number of rotatable bonds is 7. The second-order valence-electron chi connectivity index (χ2n) is 7.35. The second kappa shape index (κ2) is 9.56. The van der Waals surface area contributed by atoms with Gasteiger partial charge in [0.1, 0.15) is 5.75 Å². The molecule has 0 saturated heterocycles. The van der Waals surface area contributed by atoms with E-state index in [0.717, 1.165) is 4.88 Å². The Morgan fingerprint density at radius 2 is 1.94 bits per heavy atom. The number of nitrogens with zero attached hydrogens (tertiary/aromatic N) is 3. The molecule has 0 aliphatic carbocycles. The molecule has 0 aliphatic heterocycles. The van der Waals surface area contributed by atoms with Crippen LogP contribution in [0.15, 0.2) is 47.8 Å². The number of aryl methyl sites for hydroxylation is 2. The minimum absolute atomic E-state index is 0.0325. The fourth-order valence-electron chi connectivity index (χ4n) is 3.44. The second-order valence-corrected chi connectivity index (χ2v) is 8.30. The van der Waals surface area contributed by atoms with Crippen molar-refractivity contribution >= 4 is 39.9 Å². The molecule has 0 fully saturated rings. The number of halogens is 2. The van der Waals surface area contributed by atoms with Crippen molar-refractivity contribution in [2.24, 2.45) is 7.05 Å². The van der Waals surface area contributed by atoms with Crippen molar-refractivity contribution in [3.05, 3.63) is 59.1 Å². The molecular formula is C23H20F2N4O4S. The number of fused-ring (bicyclic) bond motifs is 1. The highest BCUT2D eigenvalue weighted by molar-refractivity contribution is 7.13. The number of benzene rings is 1. The third kappa shape index (κ3) is 4.74. The number of para-hydroxylation sites is 2. The Bertz CT molecular complexity index is 1350. The van der Waals surface area contributed by atoms with E-state index in [2.05, 4.69) is 20.1 Å². The van der Waals surface area contributed by atoms with Gasteiger partial charge in [-0.05, 0) is 43.5 Å². The molecular weight excluding hydrogens is 466 g/mol. The number of aromatic nitrogens is 3. The van der Waals surface area contributed by atoms with Crippen LogP contribution in [0.5, 0.6) is 5.75 Å². The van der Waals surface area contributed by atoms with E-state index < -0.39 is 24.6 Å². The van der Waals surface area contributed by atoms with Gasteiger partial charge in [-0.3, -0.25) is 9.48 Å². The van der Waals surface area contributed by atoms with Crippen molar-refractivity contribution in [2.75, 3.05) is 5.32 Å². The zero-order valence-electron chi connectivity index (χ0n) is 18.4. The van der Waals surface area contributed by atoms with Crippen LogP contribution in [0.2, 0.25) is 0 Å². The summed E-state index contributed by atoms with van der Waals surface area (Å²) in [5, 5.41) is 9.23. The van der Waals surface area contributed by atoms with E-state index in [1.807, 2.05) is 17.5 Å². The quantitative estimate of drug-likeness (QED) is 0.378. The van der Waals surface area contributed by atoms with Crippen molar-refractivity contribution in [1.29, 1.82) is 0 Å². The molecule has 1 amide bonds. The van der Waals surface area contributed by atoms with Crippen LogP contribution in [0, 0.1) is 6.92 Å². The lowest BCUT2D eigenvalue weighted by Gasteiger charge is -2.16. The molecule has 0 spiro atoms. The number of ether oxygens (including phenoxy) is 2. The average molecular weight is 487 g/mol. The van der Waals surface area contributed by atoms with Crippen molar-refractivity contribution in [1.82, 2.24) is 14.8 Å². The third-order valence-electron chi connectivity index (χ3n) is 4.98. The van der Waals surface area contributed by atoms with E-state index >= 15 is 0 Å². The fraction of sp³-hybridized carbons (Fsp3) is 0.217. The number of carbonyl (C=O) groups is 2. The molecule has 0 aliphatic rings. The molecule has 0 saturated carbocycles. The fourth-order valence-corrected chi connectivity index (χ4v) is 4.12. The van der Waals surface area contributed by atoms with Crippen molar-refractivity contribution in [3.8, 4) is 16.3 Å². The van der Waals surface area contributed by atoms with Crippen molar-refractivity contribution < 1.29 is 27.8 Å². The maximum atomic E-state index is 13.1. The van der Waals surface area contributed by atoms with E-state index in [9.17, 15) is 18.4 Å². The first-order valence-electron chi connectivity index (χ1n) is 10.2. The minimum atomic E-state index is -3.05. The molecule has 4 rings (SSSR count). The van der Waals surface area contributed by atoms with Crippen LogP contribution < -0.4 is 10.1 Å². The topological polar surface area (TPSA) is 95.3 Å². The summed E-state index contributed by atoms with van der Waals surface area (Å²) in [6, 6.07) is 11.1. The van der Waals surface area contributed by atoms with E-state index in [1.165, 1.54) is 36.5 Å². The Labute approximate surface area is 197 Å². The summed E-state index contributed by atoms with van der Waals surface area (Å²) in [7, 11) is 1.73. The SMILES string of the molecule is Cc1nn(C)c2nc(-c3cccs3)cc(C(=O)OC(C)C(=O)Nc3ccccc3OC(F)F)c12. The van der Waals surface area contributed by atoms with Crippen LogP contribution in [-0.2, 0) is 16.6 Å². The van der Waals surface area contributed by atoms with Gasteiger partial charge in [0.25, 0.3) is 5.91 Å². The van der Waals surface area contributed by atoms with Gasteiger partial charge in [-0.15, -0.1) is 11.3 Å². The molecule has 11 heteroatoms. The van der Waals surface area contributed by atoms with Gasteiger partial charge < -0.3 is 14.8 Å². The molecule has 3 aromatic heterocycles. The molecule has 1 aromatic carbocycles. The Kier molecular flexibility index (Phi) is 6.55. The zero-order chi connectivity index (χ0) is 24.4. The smallest absolute Gasteiger partial charge is 0.387 e. The molecule has 4 aromatic rings. The number of thiophene rings is 1. The standard InChI is InChI=1S/C23H20F2N4O4S/c1-12-19-14(11-16(18-9-6-10-34-18)26-20(19)29(3)28-12)22(31)32-13(2)21(30)27-15-7-4-5-8-17(15)33-23(24)25/h4-11,13,23H,1-3H3,(H,27,30). The van der Waals surface area contributed by atoms with Gasteiger partial charge in [0, 0.05) is 7.05 Å². The summed E-state index contributed by atoms with van der Waals surface area (Å²) < 4.78 is 36.7. The van der Waals surface area contributed by atoms with Gasteiger partial charge in [0.15, 0.2) is 11.8 Å². The van der Waals surface area contributed by atoms with Crippen LogP contribution in [0.25, 0.3) is 21.6 Å². The zero-order valence-corrected chi connectivity index (χ0v) is 19.2. The lowest BCUT2D eigenvalue weighted by atomic mass is 10.1. The van der Waals surface area contributed by atoms with E-state index in [1.54, 1.807) is 30.8 Å². The van der Waals surface area contributed by atoms with Gasteiger partial charge in [-0.25, -0.2) is 9.78 Å². The highest BCUT2D eigenvalue weighted by Gasteiger charge is 2.25. The van der Waals surface area contributed by atoms with E-state index in [4.69, 9.17) is 4.74 Å². The monoisotopic (exact) mass is 486 g/mol. The summed E-state index contributed by atoms with van der Waals surface area (Å²) in [5.74, 6) is -1.64. The molecule has 1 atom stereocenters. The first-order valence-corrected chi connectivity index (χ1v) is 11.1. The Balaban J connectivity index is 1.59. The normalized spacial score (nSPS) is 12.1. The number of esters is 1. The maximum Gasteiger partial charge on any atom is 0.387 e. The van der Waals surface area contributed by atoms with Crippen LogP contribution >= 0.6 is 11.3 Å². The van der Waals surface area contributed by atoms with E-state index in [0.29, 0.717) is 22.4 Å². The third-order valence-corrected chi connectivity index (χ3v) is 5.87. The summed E-state index contributed by atoms with van der Waals surface area (Å²) in [4.78, 5) is 31.3. The van der Waals surface area contributed by atoms with Gasteiger partial charge in [0.05, 0.1) is 32.9 Å². The highest BCUT2D eigenvalue weighted by atomic mass is 32.1. The lowest BCUT2D eigenvalue weighted by Crippen LogP contribution is -2.30. The Morgan fingerprint density at radius 1 is 1.18 bits per heavy atom. The number of carbonyl (C=O) groups excluding carboxylic acids is 2. The van der Waals surface area contributed by atoms with Crippen LogP contribution in [0.3, 0.4) is 0 Å². The predicted octanol–water partition coefficient (Wildman–Crippen LogP) is 4.79. The molecule has 34 heavy (non-hydrogen) atoms. The Morgan fingerprint density at radius 3 is 2.65 bits per heavy atom. The number of hydrogen-bond acceptors (Lipinski definition) is 7. The molecule has 3 heterocycles. The number of alkyl halides is 2. The molecule has 1 unspecified atom stereocenters. The Hall–Kier alpha value is -3.86. The minimum Gasteiger partial charge on any atom is -0.449 e. The first-order chi connectivity index (χ1) is 16.2. The maximum absolute atomic E-state index is 13.1. The van der Waals surface area contributed by atoms with Gasteiger partial charge >= 0.3 is 12.6 Å². The van der Waals surface area contributed by atoms with Gasteiger partial charge in [-0.1, -0.05) is 18.2 Å². The number of pyridine rings is 1. The summed E-state index contributed by atoms with van der Waals surface area (Å²) in [6.45, 7) is 0.0860. The summed E-state index contributed by atoms with van der Waals surface area (Å²) >= 11 is 1.47. The van der Waals surface area contributed by atoms with Gasteiger partial charge in [0.2, 0.25) is 0 Å². The van der Waals surface area contributed by atoms with Gasteiger partial charge in [-0.2, -0.15) is 13.9 Å². The number of nitrogens with one attached hydrogen (secondary N) is 1. The molecule has 0 bridgehead atoms. The summed E-state index contributed by atoms with van der Waals surface area (Å²) in [5.41, 5.74) is 1.92. The molecule has 1 N–H and O–H groups in total. The average Bonchev–Trinajstić information content (AvgIpc) is 3.42. The predicted molar refractivity (Wildman–Crippen MR) is 123 cm³/mol. The molecule has 0 radical (unpaired) electrons. The lowest BCUT2D eigenvalue weighted by molar-refractivity contribution is -0.123. The molecule has 176 valence electrons. The van der Waals surface area contributed by atoms with Crippen LogP contribution in [0.4, 0.5) is 14.5 Å². The number of amides is 1. The molecule has 8 nitrogen and oxygen atoms in total. The van der Waals surface area contributed by atoms with Crippen molar-refractivity contribution in [2.45, 2.75) is 26.6 Å². The summed E-state index contributed by atoms with van der Waals surface area (Å²) in [6.07, 6.45) is -1.22. The number of hydrogen-bond donors (Lipinski definition) is 1. The largest absolute Gasteiger partial charge is 0.449 e. The van der Waals surface area contributed by atoms with E-state index in [-0.39, 0.29) is 17.0 Å². The van der Waals surface area contributed by atoms with Crippen molar-refractivity contribution in [3.63, 3.8) is 0 Å². The highest BCUT2D eigenvalue weighted by Crippen LogP contribution is 2.30. The van der Waals surface area contributed by atoms with Crippen LogP contribution in [0.1, 0.15) is 23.0 Å². The number of anilines is 1. The first kappa shape index (κ1) is 23.3. The van der Waals surface area contributed by atoms with Crippen LogP contribution in [-0.4, -0.2) is 39.4 Å².